The molecule has 2 rings (SSSR count). The molecule has 2 aromatic rings. The van der Waals surface area contributed by atoms with Crippen LogP contribution in [-0.4, -0.2) is 5.11 Å². The highest BCUT2D eigenvalue weighted by molar-refractivity contribution is 7.80. The zero-order valence-electron chi connectivity index (χ0n) is 12.7. The number of benzene rings is 2. The normalized spacial score (nSPS) is 12.6. The Morgan fingerprint density at radius 3 is 2.09 bits per heavy atom. The molecule has 0 saturated heterocycles. The van der Waals surface area contributed by atoms with Crippen molar-refractivity contribution in [3.8, 4) is 0 Å². The predicted octanol–water partition coefficient (Wildman–Crippen LogP) is 5.06. The van der Waals surface area contributed by atoms with Crippen molar-refractivity contribution in [2.24, 2.45) is 0 Å². The number of anilines is 1. The second-order valence-corrected chi connectivity index (χ2v) is 5.71. The number of alkyl halides is 3. The van der Waals surface area contributed by atoms with E-state index in [1.54, 1.807) is 0 Å². The lowest BCUT2D eigenvalue weighted by atomic mass is 10.1. The fourth-order valence-electron chi connectivity index (χ4n) is 2.04. The van der Waals surface area contributed by atoms with Gasteiger partial charge in [0.05, 0.1) is 11.6 Å². The first kappa shape index (κ1) is 17.3. The highest BCUT2D eigenvalue weighted by Crippen LogP contribution is 2.29. The molecule has 0 aliphatic heterocycles. The molecule has 0 saturated carbocycles. The standard InChI is InChI=1S/C17H17F3N2S/c1-11-3-5-13(6-4-11)12(2)21-16(23)22-15-9-7-14(8-10-15)17(18,19)20/h3-10,12H,1-2H3,(H2,21,22,23)/t12-/m1/s1. The Morgan fingerprint density at radius 2 is 1.57 bits per heavy atom. The van der Waals surface area contributed by atoms with Gasteiger partial charge in [0, 0.05) is 5.69 Å². The van der Waals surface area contributed by atoms with E-state index >= 15 is 0 Å². The van der Waals surface area contributed by atoms with E-state index < -0.39 is 11.7 Å². The van der Waals surface area contributed by atoms with Crippen LogP contribution in [0.2, 0.25) is 0 Å². The summed E-state index contributed by atoms with van der Waals surface area (Å²) in [6, 6.07) is 12.8. The van der Waals surface area contributed by atoms with Gasteiger partial charge in [0.25, 0.3) is 0 Å². The topological polar surface area (TPSA) is 24.1 Å². The van der Waals surface area contributed by atoms with Gasteiger partial charge in [-0.15, -0.1) is 0 Å². The summed E-state index contributed by atoms with van der Waals surface area (Å²) in [7, 11) is 0. The maximum Gasteiger partial charge on any atom is 0.416 e. The molecule has 2 N–H and O–H groups in total. The van der Waals surface area contributed by atoms with Crippen molar-refractivity contribution in [1.82, 2.24) is 5.32 Å². The van der Waals surface area contributed by atoms with Crippen molar-refractivity contribution in [2.45, 2.75) is 26.1 Å². The molecule has 1 atom stereocenters. The van der Waals surface area contributed by atoms with Crippen molar-refractivity contribution in [3.63, 3.8) is 0 Å². The number of aryl methyl sites for hydroxylation is 1. The van der Waals surface area contributed by atoms with Crippen LogP contribution in [-0.2, 0) is 6.18 Å². The molecular formula is C17H17F3N2S. The minimum Gasteiger partial charge on any atom is -0.356 e. The van der Waals surface area contributed by atoms with Gasteiger partial charge in [0.15, 0.2) is 5.11 Å². The van der Waals surface area contributed by atoms with Crippen molar-refractivity contribution in [3.05, 3.63) is 65.2 Å². The summed E-state index contributed by atoms with van der Waals surface area (Å²) in [4.78, 5) is 0. The Morgan fingerprint density at radius 1 is 1.00 bits per heavy atom. The zero-order valence-corrected chi connectivity index (χ0v) is 13.6. The molecule has 0 radical (unpaired) electrons. The number of hydrogen-bond acceptors (Lipinski definition) is 1. The molecule has 0 heterocycles. The fraction of sp³-hybridized carbons (Fsp3) is 0.235. The molecule has 2 aromatic carbocycles. The summed E-state index contributed by atoms with van der Waals surface area (Å²) in [6.45, 7) is 3.98. The highest BCUT2D eigenvalue weighted by atomic mass is 32.1. The van der Waals surface area contributed by atoms with Crippen LogP contribution in [0.5, 0.6) is 0 Å². The molecule has 0 amide bonds. The first-order chi connectivity index (χ1) is 10.8. The van der Waals surface area contributed by atoms with Crippen molar-refractivity contribution >= 4 is 23.0 Å². The van der Waals surface area contributed by atoms with Crippen molar-refractivity contribution in [2.75, 3.05) is 5.32 Å². The maximum atomic E-state index is 12.5. The second kappa shape index (κ2) is 7.00. The fourth-order valence-corrected chi connectivity index (χ4v) is 2.34. The Balaban J connectivity index is 1.95. The molecule has 2 nitrogen and oxygen atoms in total. The monoisotopic (exact) mass is 338 g/mol. The summed E-state index contributed by atoms with van der Waals surface area (Å²) < 4.78 is 37.5. The van der Waals surface area contributed by atoms with E-state index in [9.17, 15) is 13.2 Å². The van der Waals surface area contributed by atoms with Crippen LogP contribution in [0, 0.1) is 6.92 Å². The Bertz CT molecular complexity index is 664. The van der Waals surface area contributed by atoms with Gasteiger partial charge in [-0.25, -0.2) is 0 Å². The minimum absolute atomic E-state index is 0.00921. The lowest BCUT2D eigenvalue weighted by molar-refractivity contribution is -0.137. The smallest absolute Gasteiger partial charge is 0.356 e. The Labute approximate surface area is 138 Å². The predicted molar refractivity (Wildman–Crippen MR) is 90.4 cm³/mol. The summed E-state index contributed by atoms with van der Waals surface area (Å²) in [6.07, 6.45) is -4.34. The van der Waals surface area contributed by atoms with Gasteiger partial charge in [-0.2, -0.15) is 13.2 Å². The Hall–Kier alpha value is -2.08. The molecule has 0 spiro atoms. The van der Waals surface area contributed by atoms with E-state index in [4.69, 9.17) is 12.2 Å². The number of rotatable bonds is 3. The average molecular weight is 338 g/mol. The van der Waals surface area contributed by atoms with Crippen LogP contribution in [0.3, 0.4) is 0 Å². The maximum absolute atomic E-state index is 12.5. The van der Waals surface area contributed by atoms with Gasteiger partial charge in [-0.05, 0) is 55.9 Å². The minimum atomic E-state index is -4.34. The second-order valence-electron chi connectivity index (χ2n) is 5.31. The van der Waals surface area contributed by atoms with Gasteiger partial charge in [0.2, 0.25) is 0 Å². The molecule has 0 unspecified atom stereocenters. The van der Waals surface area contributed by atoms with Gasteiger partial charge in [0.1, 0.15) is 0 Å². The summed E-state index contributed by atoms with van der Waals surface area (Å²) in [5.41, 5.74) is 2.07. The van der Waals surface area contributed by atoms with Crippen LogP contribution >= 0.6 is 12.2 Å². The van der Waals surface area contributed by atoms with Crippen LogP contribution < -0.4 is 10.6 Å². The van der Waals surface area contributed by atoms with Gasteiger partial charge >= 0.3 is 6.18 Å². The average Bonchev–Trinajstić information content (AvgIpc) is 2.47. The number of nitrogens with one attached hydrogen (secondary N) is 2. The summed E-state index contributed by atoms with van der Waals surface area (Å²) in [5, 5.41) is 6.35. The quantitative estimate of drug-likeness (QED) is 0.765. The molecule has 0 aliphatic carbocycles. The molecule has 122 valence electrons. The van der Waals surface area contributed by atoms with Gasteiger partial charge in [-0.3, -0.25) is 0 Å². The third-order valence-electron chi connectivity index (χ3n) is 3.40. The van der Waals surface area contributed by atoms with Gasteiger partial charge < -0.3 is 10.6 Å². The first-order valence-electron chi connectivity index (χ1n) is 7.07. The lowest BCUT2D eigenvalue weighted by Crippen LogP contribution is -2.30. The third kappa shape index (κ3) is 4.96. The van der Waals surface area contributed by atoms with Crippen LogP contribution in [0.1, 0.15) is 29.7 Å². The zero-order chi connectivity index (χ0) is 17.0. The number of thiocarbonyl (C=S) groups is 1. The summed E-state index contributed by atoms with van der Waals surface area (Å²) in [5.74, 6) is 0. The van der Waals surface area contributed by atoms with E-state index in [-0.39, 0.29) is 6.04 Å². The third-order valence-corrected chi connectivity index (χ3v) is 3.61. The summed E-state index contributed by atoms with van der Waals surface area (Å²) >= 11 is 5.20. The van der Waals surface area contributed by atoms with Crippen molar-refractivity contribution < 1.29 is 13.2 Å². The molecule has 0 aromatic heterocycles. The van der Waals surface area contributed by atoms with E-state index in [1.807, 2.05) is 38.1 Å². The molecule has 23 heavy (non-hydrogen) atoms. The van der Waals surface area contributed by atoms with Crippen LogP contribution in [0.15, 0.2) is 48.5 Å². The van der Waals surface area contributed by atoms with E-state index in [2.05, 4.69) is 10.6 Å². The van der Waals surface area contributed by atoms with E-state index in [0.29, 0.717) is 10.8 Å². The number of halogens is 3. The molecule has 0 fully saturated rings. The molecule has 0 bridgehead atoms. The molecular weight excluding hydrogens is 321 g/mol. The van der Waals surface area contributed by atoms with Crippen LogP contribution in [0.25, 0.3) is 0 Å². The lowest BCUT2D eigenvalue weighted by Gasteiger charge is -2.18. The van der Waals surface area contributed by atoms with E-state index in [1.165, 1.54) is 17.7 Å². The highest BCUT2D eigenvalue weighted by Gasteiger charge is 2.29. The Kier molecular flexibility index (Phi) is 5.26. The number of hydrogen-bond donors (Lipinski definition) is 2. The van der Waals surface area contributed by atoms with Crippen molar-refractivity contribution in [1.29, 1.82) is 0 Å². The molecule has 0 aliphatic rings. The first-order valence-corrected chi connectivity index (χ1v) is 7.48. The molecule has 6 heteroatoms. The van der Waals surface area contributed by atoms with Crippen LogP contribution in [0.4, 0.5) is 18.9 Å². The van der Waals surface area contributed by atoms with Gasteiger partial charge in [-0.1, -0.05) is 29.8 Å². The SMILES string of the molecule is Cc1ccc([C@@H](C)NC(=S)Nc2ccc(C(F)(F)F)cc2)cc1. The largest absolute Gasteiger partial charge is 0.416 e. The van der Waals surface area contributed by atoms with E-state index in [0.717, 1.165) is 17.7 Å².